The Bertz CT molecular complexity index is 1370. The molecule has 2 amide bonds. The van der Waals surface area contributed by atoms with Gasteiger partial charge in [0.15, 0.2) is 5.17 Å². The van der Waals surface area contributed by atoms with E-state index in [1.807, 2.05) is 62.4 Å². The molecule has 3 aromatic carbocycles. The van der Waals surface area contributed by atoms with Crippen molar-refractivity contribution < 1.29 is 14.0 Å². The molecule has 2 heterocycles. The van der Waals surface area contributed by atoms with Crippen LogP contribution in [0.5, 0.6) is 0 Å². The second-order valence-electron chi connectivity index (χ2n) is 8.99. The average molecular weight is 501 g/mol. The maximum Gasteiger partial charge on any atom is 0.262 e. The van der Waals surface area contributed by atoms with Crippen LogP contribution in [0.25, 0.3) is 0 Å². The van der Waals surface area contributed by atoms with E-state index in [1.165, 1.54) is 23.9 Å². The Morgan fingerprint density at radius 2 is 1.81 bits per heavy atom. The summed E-state index contributed by atoms with van der Waals surface area (Å²) in [7, 11) is 0. The van der Waals surface area contributed by atoms with Gasteiger partial charge in [0.1, 0.15) is 11.1 Å². The number of carbonyl (C=O) groups is 2. The van der Waals surface area contributed by atoms with Gasteiger partial charge in [0, 0.05) is 18.5 Å². The van der Waals surface area contributed by atoms with Crippen molar-refractivity contribution in [1.29, 1.82) is 0 Å². The van der Waals surface area contributed by atoms with E-state index in [4.69, 9.17) is 5.10 Å². The highest BCUT2D eigenvalue weighted by atomic mass is 32.2. The van der Waals surface area contributed by atoms with Crippen molar-refractivity contribution >= 4 is 40.1 Å². The molecule has 0 aliphatic carbocycles. The minimum absolute atomic E-state index is 0.00797. The maximum atomic E-state index is 13.6. The van der Waals surface area contributed by atoms with Crippen molar-refractivity contribution in [3.8, 4) is 0 Å². The quantitative estimate of drug-likeness (QED) is 0.493. The number of aryl methyl sites for hydroxylation is 2. The number of hydrogen-bond acceptors (Lipinski definition) is 5. The number of amidine groups is 1. The van der Waals surface area contributed by atoms with Crippen LogP contribution in [0.4, 0.5) is 10.1 Å². The lowest BCUT2D eigenvalue weighted by atomic mass is 9.98. The number of amides is 2. The lowest BCUT2D eigenvalue weighted by molar-refractivity contribution is -0.121. The van der Waals surface area contributed by atoms with Gasteiger partial charge in [-0.05, 0) is 54.8 Å². The fourth-order valence-electron chi connectivity index (χ4n) is 4.26. The number of carbonyl (C=O) groups excluding carboxylic acids is 2. The summed E-state index contributed by atoms with van der Waals surface area (Å²) in [5.41, 5.74) is 5.60. The van der Waals surface area contributed by atoms with Crippen molar-refractivity contribution in [2.24, 2.45) is 10.1 Å². The maximum absolute atomic E-state index is 13.6. The molecule has 0 fully saturated rings. The normalized spacial score (nSPS) is 19.3. The number of hydrogen-bond donors (Lipinski definition) is 1. The van der Waals surface area contributed by atoms with Crippen molar-refractivity contribution in [2.75, 3.05) is 5.32 Å². The molecule has 0 spiro atoms. The van der Waals surface area contributed by atoms with Crippen LogP contribution >= 0.6 is 11.8 Å². The molecule has 6 nitrogen and oxygen atoms in total. The van der Waals surface area contributed by atoms with Crippen LogP contribution in [-0.2, 0) is 9.59 Å². The van der Waals surface area contributed by atoms with E-state index in [9.17, 15) is 14.0 Å². The first kappa shape index (κ1) is 23.9. The Kier molecular flexibility index (Phi) is 6.69. The summed E-state index contributed by atoms with van der Waals surface area (Å²) >= 11 is 1.24. The first-order chi connectivity index (χ1) is 17.4. The average Bonchev–Trinajstić information content (AvgIpc) is 3.44. The summed E-state index contributed by atoms with van der Waals surface area (Å²) in [4.78, 5) is 29.6. The zero-order valence-electron chi connectivity index (χ0n) is 19.9. The van der Waals surface area contributed by atoms with Crippen molar-refractivity contribution in [2.45, 2.75) is 38.0 Å². The van der Waals surface area contributed by atoms with E-state index < -0.39 is 5.25 Å². The third-order valence-electron chi connectivity index (χ3n) is 6.15. The van der Waals surface area contributed by atoms with E-state index >= 15 is 0 Å². The van der Waals surface area contributed by atoms with E-state index in [2.05, 4.69) is 10.3 Å². The van der Waals surface area contributed by atoms with Crippen molar-refractivity contribution in [3.05, 3.63) is 101 Å². The zero-order chi connectivity index (χ0) is 25.2. The van der Waals surface area contributed by atoms with Gasteiger partial charge < -0.3 is 5.32 Å². The molecule has 5 rings (SSSR count). The summed E-state index contributed by atoms with van der Waals surface area (Å²) in [6.07, 6.45) is 0.592. The van der Waals surface area contributed by atoms with Crippen LogP contribution < -0.4 is 5.32 Å². The molecule has 182 valence electrons. The third-order valence-corrected chi connectivity index (χ3v) is 7.29. The summed E-state index contributed by atoms with van der Waals surface area (Å²) in [6.45, 7) is 3.98. The fourth-order valence-corrected chi connectivity index (χ4v) is 5.32. The number of benzene rings is 3. The topological polar surface area (TPSA) is 74.1 Å². The number of rotatable bonds is 5. The summed E-state index contributed by atoms with van der Waals surface area (Å²) < 4.78 is 13.6. The van der Waals surface area contributed by atoms with Gasteiger partial charge >= 0.3 is 0 Å². The highest BCUT2D eigenvalue weighted by molar-refractivity contribution is 8.15. The molecule has 2 aliphatic heterocycles. The molecule has 0 aromatic heterocycles. The highest BCUT2D eigenvalue weighted by Gasteiger charge is 2.39. The van der Waals surface area contributed by atoms with Crippen LogP contribution in [0.3, 0.4) is 0 Å². The van der Waals surface area contributed by atoms with Gasteiger partial charge in [-0.15, -0.1) is 0 Å². The smallest absolute Gasteiger partial charge is 0.262 e. The van der Waals surface area contributed by atoms with Gasteiger partial charge in [-0.2, -0.15) is 10.1 Å². The van der Waals surface area contributed by atoms with Gasteiger partial charge in [-0.25, -0.2) is 9.40 Å². The number of hydrazone groups is 1. The molecule has 0 saturated carbocycles. The number of nitrogens with one attached hydrogen (secondary N) is 1. The fraction of sp³-hybridized carbons (Fsp3) is 0.214. The van der Waals surface area contributed by atoms with Crippen molar-refractivity contribution in [1.82, 2.24) is 5.01 Å². The second kappa shape index (κ2) is 10.1. The van der Waals surface area contributed by atoms with Crippen LogP contribution in [0.15, 0.2) is 82.9 Å². The summed E-state index contributed by atoms with van der Waals surface area (Å²) in [5.74, 6) is -0.917. The van der Waals surface area contributed by atoms with Crippen LogP contribution in [-0.4, -0.2) is 33.0 Å². The molecular weight excluding hydrogens is 475 g/mol. The van der Waals surface area contributed by atoms with Gasteiger partial charge in [0.05, 0.1) is 11.8 Å². The Labute approximate surface area is 213 Å². The SMILES string of the molecule is Cc1ccc(C2=NN(C3=NC(=O)[C@@H](CC(=O)Nc4cccc(C)c4)S3)[C@@H](c3ccc(F)cc3)C2)cc1. The number of thioether (sulfide) groups is 1. The lowest BCUT2D eigenvalue weighted by Crippen LogP contribution is -2.25. The monoisotopic (exact) mass is 500 g/mol. The standard InChI is InChI=1S/C28H25FN4O2S/c1-17-6-8-19(9-7-17)23-15-24(20-10-12-21(29)13-11-20)33(32-23)28-31-27(35)25(36-28)16-26(34)30-22-5-3-4-18(2)14-22/h3-14,24-25H,15-16H2,1-2H3,(H,30,34)/t24-,25-/m1/s1. The number of anilines is 1. The predicted octanol–water partition coefficient (Wildman–Crippen LogP) is 5.62. The van der Waals surface area contributed by atoms with Crippen LogP contribution in [0, 0.1) is 19.7 Å². The molecule has 0 bridgehead atoms. The van der Waals surface area contributed by atoms with Gasteiger partial charge in [-0.1, -0.05) is 65.9 Å². The van der Waals surface area contributed by atoms with E-state index in [0.29, 0.717) is 17.3 Å². The van der Waals surface area contributed by atoms with E-state index in [-0.39, 0.29) is 30.1 Å². The molecule has 2 aliphatic rings. The molecule has 1 N–H and O–H groups in total. The van der Waals surface area contributed by atoms with E-state index in [0.717, 1.165) is 28.0 Å². The molecule has 8 heteroatoms. The third kappa shape index (κ3) is 5.23. The van der Waals surface area contributed by atoms with E-state index in [1.54, 1.807) is 17.1 Å². The second-order valence-corrected chi connectivity index (χ2v) is 10.2. The predicted molar refractivity (Wildman–Crippen MR) is 142 cm³/mol. The first-order valence-electron chi connectivity index (χ1n) is 11.7. The molecule has 36 heavy (non-hydrogen) atoms. The first-order valence-corrected chi connectivity index (χ1v) is 12.6. The molecule has 0 saturated heterocycles. The van der Waals surface area contributed by atoms with Gasteiger partial charge in [-0.3, -0.25) is 9.59 Å². The minimum atomic E-state index is -0.627. The minimum Gasteiger partial charge on any atom is -0.326 e. The number of nitrogens with zero attached hydrogens (tertiary/aromatic N) is 3. The van der Waals surface area contributed by atoms with Gasteiger partial charge in [0.25, 0.3) is 5.91 Å². The number of aliphatic imine (C=N–C) groups is 1. The molecular formula is C28H25FN4O2S. The van der Waals surface area contributed by atoms with Crippen LogP contribution in [0.1, 0.15) is 41.1 Å². The number of halogens is 1. The Hall–Kier alpha value is -3.78. The zero-order valence-corrected chi connectivity index (χ0v) is 20.8. The van der Waals surface area contributed by atoms with Crippen LogP contribution in [0.2, 0.25) is 0 Å². The highest BCUT2D eigenvalue weighted by Crippen LogP contribution is 2.38. The molecule has 3 aromatic rings. The Morgan fingerprint density at radius 3 is 2.53 bits per heavy atom. The summed E-state index contributed by atoms with van der Waals surface area (Å²) in [5, 5.41) is 9.24. The van der Waals surface area contributed by atoms with Crippen molar-refractivity contribution in [3.63, 3.8) is 0 Å². The molecule has 0 radical (unpaired) electrons. The summed E-state index contributed by atoms with van der Waals surface area (Å²) in [6, 6.07) is 21.7. The Balaban J connectivity index is 1.35. The lowest BCUT2D eigenvalue weighted by Gasteiger charge is -2.23. The largest absolute Gasteiger partial charge is 0.326 e. The Morgan fingerprint density at radius 1 is 1.06 bits per heavy atom. The molecule has 0 unspecified atom stereocenters. The molecule has 2 atom stereocenters. The van der Waals surface area contributed by atoms with Gasteiger partial charge in [0.2, 0.25) is 5.91 Å².